The maximum atomic E-state index is 13.4. The van der Waals surface area contributed by atoms with E-state index in [1.54, 1.807) is 31.2 Å². The molecule has 1 atom stereocenters. The van der Waals surface area contributed by atoms with Gasteiger partial charge in [0, 0.05) is 12.1 Å². The van der Waals surface area contributed by atoms with Gasteiger partial charge in [-0.2, -0.15) is 17.9 Å². The fraction of sp³-hybridized carbons (Fsp3) is 0.174. The number of nitrogens with zero attached hydrogens (tertiary/aromatic N) is 2. The van der Waals surface area contributed by atoms with Crippen molar-refractivity contribution in [3.05, 3.63) is 95.8 Å². The van der Waals surface area contributed by atoms with E-state index in [-0.39, 0.29) is 10.6 Å². The van der Waals surface area contributed by atoms with Crippen LogP contribution >= 0.6 is 0 Å². The van der Waals surface area contributed by atoms with Gasteiger partial charge in [0.2, 0.25) is 10.0 Å². The zero-order chi connectivity index (χ0) is 23.6. The van der Waals surface area contributed by atoms with Crippen molar-refractivity contribution in [2.75, 3.05) is 10.5 Å². The van der Waals surface area contributed by atoms with Gasteiger partial charge in [0.1, 0.15) is 5.82 Å². The molecule has 1 aliphatic rings. The van der Waals surface area contributed by atoms with E-state index in [0.29, 0.717) is 23.4 Å². The van der Waals surface area contributed by atoms with E-state index in [1.165, 1.54) is 12.1 Å². The Labute approximate surface area is 192 Å². The van der Waals surface area contributed by atoms with Gasteiger partial charge in [-0.3, -0.25) is 4.72 Å². The molecule has 3 aromatic rings. The molecule has 1 heterocycles. The van der Waals surface area contributed by atoms with Crippen LogP contribution in [0.15, 0.2) is 88.9 Å². The molecule has 0 aliphatic carbocycles. The molecule has 33 heavy (non-hydrogen) atoms. The topological polar surface area (TPSA) is 95.9 Å². The molecule has 3 aromatic carbocycles. The zero-order valence-corrected chi connectivity index (χ0v) is 19.4. The number of halogens is 1. The normalized spacial score (nSPS) is 16.5. The highest BCUT2D eigenvalue weighted by Gasteiger charge is 2.37. The molecule has 4 rings (SSSR count). The Morgan fingerprint density at radius 3 is 2.18 bits per heavy atom. The minimum absolute atomic E-state index is 0.0452. The summed E-state index contributed by atoms with van der Waals surface area (Å²) < 4.78 is 67.2. The molecule has 1 aliphatic heterocycles. The lowest BCUT2D eigenvalue weighted by Gasteiger charge is -2.23. The van der Waals surface area contributed by atoms with Crippen LogP contribution in [0.3, 0.4) is 0 Å². The summed E-state index contributed by atoms with van der Waals surface area (Å²) in [6.07, 6.45) is 0.324. The standard InChI is InChI=1S/C23H22FN3O4S2/c1-2-32(28,29)26-20-12-8-17(9-13-20)22-16-23(18-6-4-3-5-7-18)27(25-22)33(30,31)21-14-10-19(24)11-15-21/h3-15,23,26H,2,16H2,1H3/t23-/m1/s1. The van der Waals surface area contributed by atoms with Gasteiger partial charge in [-0.05, 0) is 54.4 Å². The quantitative estimate of drug-likeness (QED) is 0.542. The van der Waals surface area contributed by atoms with Crippen LogP contribution < -0.4 is 4.72 Å². The molecule has 0 fully saturated rings. The molecule has 0 radical (unpaired) electrons. The van der Waals surface area contributed by atoms with E-state index in [9.17, 15) is 21.2 Å². The third kappa shape index (κ3) is 4.91. The Hall–Kier alpha value is -3.24. The fourth-order valence-corrected chi connectivity index (χ4v) is 5.58. The summed E-state index contributed by atoms with van der Waals surface area (Å²) in [5.74, 6) is -0.575. The highest BCUT2D eigenvalue weighted by atomic mass is 32.2. The Balaban J connectivity index is 1.70. The lowest BCUT2D eigenvalue weighted by molar-refractivity contribution is 0.371. The molecular formula is C23H22FN3O4S2. The van der Waals surface area contributed by atoms with Crippen LogP contribution in [0.2, 0.25) is 0 Å². The van der Waals surface area contributed by atoms with Gasteiger partial charge in [-0.15, -0.1) is 0 Å². The molecule has 0 amide bonds. The van der Waals surface area contributed by atoms with E-state index in [0.717, 1.165) is 22.1 Å². The van der Waals surface area contributed by atoms with Gasteiger partial charge in [-0.1, -0.05) is 42.5 Å². The smallest absolute Gasteiger partial charge is 0.279 e. The van der Waals surface area contributed by atoms with E-state index in [4.69, 9.17) is 0 Å². The van der Waals surface area contributed by atoms with E-state index in [2.05, 4.69) is 9.82 Å². The Kier molecular flexibility index (Phi) is 6.22. The van der Waals surface area contributed by atoms with Gasteiger partial charge in [-0.25, -0.2) is 12.8 Å². The largest absolute Gasteiger partial charge is 0.284 e. The van der Waals surface area contributed by atoms with Gasteiger partial charge in [0.05, 0.1) is 22.4 Å². The molecule has 7 nitrogen and oxygen atoms in total. The highest BCUT2D eigenvalue weighted by Crippen LogP contribution is 2.37. The molecule has 0 saturated heterocycles. The highest BCUT2D eigenvalue weighted by molar-refractivity contribution is 7.92. The Bertz CT molecular complexity index is 1370. The van der Waals surface area contributed by atoms with Crippen molar-refractivity contribution in [1.29, 1.82) is 0 Å². The summed E-state index contributed by atoms with van der Waals surface area (Å²) in [5, 5.41) is 4.44. The Morgan fingerprint density at radius 2 is 1.58 bits per heavy atom. The number of hydrazone groups is 1. The molecule has 0 saturated carbocycles. The van der Waals surface area contributed by atoms with Gasteiger partial charge in [0.15, 0.2) is 0 Å². The first-order chi connectivity index (χ1) is 15.7. The molecule has 172 valence electrons. The van der Waals surface area contributed by atoms with Crippen LogP contribution in [0.4, 0.5) is 10.1 Å². The van der Waals surface area contributed by atoms with Crippen LogP contribution in [-0.2, 0) is 20.0 Å². The van der Waals surface area contributed by atoms with Gasteiger partial charge < -0.3 is 0 Å². The summed E-state index contributed by atoms with van der Waals surface area (Å²) in [6.45, 7) is 1.55. The van der Waals surface area contributed by atoms with Gasteiger partial charge in [0.25, 0.3) is 10.0 Å². The van der Waals surface area contributed by atoms with Gasteiger partial charge >= 0.3 is 0 Å². The Morgan fingerprint density at radius 1 is 0.939 bits per heavy atom. The number of hydrogen-bond donors (Lipinski definition) is 1. The van der Waals surface area contributed by atoms with Crippen molar-refractivity contribution in [3.8, 4) is 0 Å². The number of sulfonamides is 2. The SMILES string of the molecule is CCS(=O)(=O)Nc1ccc(C2=NN(S(=O)(=O)c3ccc(F)cc3)[C@@H](c3ccccc3)C2)cc1. The van der Waals surface area contributed by atoms with E-state index >= 15 is 0 Å². The van der Waals surface area contributed by atoms with Crippen LogP contribution in [-0.4, -0.2) is 32.7 Å². The number of anilines is 1. The van der Waals surface area contributed by atoms with E-state index < -0.39 is 31.9 Å². The second-order valence-electron chi connectivity index (χ2n) is 7.49. The molecule has 0 bridgehead atoms. The predicted molar refractivity (Wildman–Crippen MR) is 125 cm³/mol. The maximum Gasteiger partial charge on any atom is 0.279 e. The average Bonchev–Trinajstić information content (AvgIpc) is 3.27. The fourth-order valence-electron chi connectivity index (χ4n) is 3.51. The second kappa shape index (κ2) is 8.95. The summed E-state index contributed by atoms with van der Waals surface area (Å²) >= 11 is 0. The van der Waals surface area contributed by atoms with Crippen molar-refractivity contribution >= 4 is 31.4 Å². The van der Waals surface area contributed by atoms with Crippen molar-refractivity contribution < 1.29 is 21.2 Å². The third-order valence-electron chi connectivity index (χ3n) is 5.29. The van der Waals surface area contributed by atoms with Crippen LogP contribution in [0.5, 0.6) is 0 Å². The summed E-state index contributed by atoms with van der Waals surface area (Å²) in [4.78, 5) is -0.0563. The van der Waals surface area contributed by atoms with Crippen molar-refractivity contribution in [1.82, 2.24) is 4.41 Å². The first-order valence-corrected chi connectivity index (χ1v) is 13.3. The van der Waals surface area contributed by atoms with E-state index in [1.807, 2.05) is 30.3 Å². The summed E-state index contributed by atoms with van der Waals surface area (Å²) in [7, 11) is -7.45. The average molecular weight is 488 g/mol. The van der Waals surface area contributed by atoms with Crippen molar-refractivity contribution in [2.24, 2.45) is 5.10 Å². The van der Waals surface area contributed by atoms with Crippen LogP contribution in [0.25, 0.3) is 0 Å². The molecule has 10 heteroatoms. The molecule has 0 aromatic heterocycles. The van der Waals surface area contributed by atoms with Crippen LogP contribution in [0, 0.1) is 5.82 Å². The monoisotopic (exact) mass is 487 g/mol. The number of nitrogens with one attached hydrogen (secondary N) is 1. The predicted octanol–water partition coefficient (Wildman–Crippen LogP) is 4.13. The van der Waals surface area contributed by atoms with Crippen LogP contribution in [0.1, 0.15) is 30.5 Å². The number of hydrogen-bond acceptors (Lipinski definition) is 5. The minimum Gasteiger partial charge on any atom is -0.284 e. The second-order valence-corrected chi connectivity index (χ2v) is 11.3. The summed E-state index contributed by atoms with van der Waals surface area (Å²) in [6, 6.07) is 19.8. The first-order valence-electron chi connectivity index (χ1n) is 10.2. The minimum atomic E-state index is -4.04. The molecule has 0 spiro atoms. The number of benzene rings is 3. The van der Waals surface area contributed by atoms with Crippen molar-refractivity contribution in [2.45, 2.75) is 24.3 Å². The zero-order valence-electron chi connectivity index (χ0n) is 17.7. The lowest BCUT2D eigenvalue weighted by atomic mass is 9.99. The molecule has 1 N–H and O–H groups in total. The molecule has 0 unspecified atom stereocenters. The lowest BCUT2D eigenvalue weighted by Crippen LogP contribution is -2.27. The number of rotatable bonds is 7. The summed E-state index contributed by atoms with van der Waals surface area (Å²) in [5.41, 5.74) is 2.40. The van der Waals surface area contributed by atoms with Crippen molar-refractivity contribution in [3.63, 3.8) is 0 Å². The third-order valence-corrected chi connectivity index (χ3v) is 8.29. The molecular weight excluding hydrogens is 465 g/mol. The first kappa shape index (κ1) is 22.9. The maximum absolute atomic E-state index is 13.4.